The first-order chi connectivity index (χ1) is 21.3. The van der Waals surface area contributed by atoms with E-state index in [1.54, 1.807) is 24.3 Å². The van der Waals surface area contributed by atoms with E-state index in [2.05, 4.69) is 38.0 Å². The van der Waals surface area contributed by atoms with Crippen LogP contribution < -0.4 is 10.1 Å². The summed E-state index contributed by atoms with van der Waals surface area (Å²) >= 11 is 0. The monoisotopic (exact) mass is 597 g/mol. The van der Waals surface area contributed by atoms with Gasteiger partial charge in [-0.05, 0) is 113 Å². The molecule has 1 aliphatic heterocycles. The number of ether oxygens (including phenoxy) is 1. The van der Waals surface area contributed by atoms with E-state index in [0.29, 0.717) is 36.0 Å². The van der Waals surface area contributed by atoms with Crippen LogP contribution in [0.3, 0.4) is 0 Å². The number of rotatable bonds is 7. The number of piperidine rings is 1. The van der Waals surface area contributed by atoms with Crippen LogP contribution in [0.2, 0.25) is 0 Å². The largest absolute Gasteiger partial charge is 0.496 e. The van der Waals surface area contributed by atoms with Crippen molar-refractivity contribution in [3.8, 4) is 17.0 Å². The van der Waals surface area contributed by atoms with Crippen molar-refractivity contribution in [2.45, 2.75) is 81.9 Å². The van der Waals surface area contributed by atoms with Crippen molar-refractivity contribution in [2.24, 2.45) is 0 Å². The fraction of sp³-hybridized carbons (Fsp3) is 0.457. The molecular weight excluding hydrogens is 557 g/mol. The molecule has 2 saturated carbocycles. The predicted octanol–water partition coefficient (Wildman–Crippen LogP) is 6.71. The lowest BCUT2D eigenvalue weighted by Gasteiger charge is -2.34. The molecule has 44 heavy (non-hydrogen) atoms. The zero-order valence-electron chi connectivity index (χ0n) is 25.4. The zero-order chi connectivity index (χ0) is 30.4. The van der Waals surface area contributed by atoms with Crippen molar-refractivity contribution in [3.63, 3.8) is 0 Å². The number of para-hydroxylation sites is 1. The number of halogens is 1. The highest BCUT2D eigenvalue weighted by Gasteiger charge is 2.34. The van der Waals surface area contributed by atoms with E-state index in [4.69, 9.17) is 9.72 Å². The van der Waals surface area contributed by atoms with Gasteiger partial charge < -0.3 is 19.3 Å². The maximum atomic E-state index is 15.9. The molecule has 0 spiro atoms. The summed E-state index contributed by atoms with van der Waals surface area (Å²) in [6.45, 7) is 4.16. The minimum atomic E-state index is -0.717. The summed E-state index contributed by atoms with van der Waals surface area (Å²) in [4.78, 5) is 25.5. The Hall–Kier alpha value is -3.82. The number of carbonyl (C=O) groups excluding carboxylic acids is 1. The van der Waals surface area contributed by atoms with Gasteiger partial charge >= 0.3 is 0 Å². The number of imidazole rings is 1. The van der Waals surface area contributed by atoms with Crippen LogP contribution in [-0.2, 0) is 0 Å². The zero-order valence-corrected chi connectivity index (χ0v) is 25.4. The Labute approximate surface area is 257 Å². The molecule has 4 aromatic rings. The summed E-state index contributed by atoms with van der Waals surface area (Å²) in [5, 5.41) is 13.6. The number of amides is 1. The molecule has 0 atom stereocenters. The highest BCUT2D eigenvalue weighted by molar-refractivity contribution is 6.05. The van der Waals surface area contributed by atoms with E-state index in [0.717, 1.165) is 55.8 Å². The number of benzene rings is 2. The summed E-state index contributed by atoms with van der Waals surface area (Å²) in [5.74, 6) is 0.0493. The van der Waals surface area contributed by atoms with E-state index >= 15 is 4.39 Å². The summed E-state index contributed by atoms with van der Waals surface area (Å²) in [5.41, 5.74) is 2.75. The third kappa shape index (κ3) is 5.59. The van der Waals surface area contributed by atoms with Gasteiger partial charge in [-0.2, -0.15) is 0 Å². The molecule has 0 bridgehead atoms. The number of nitrogens with one attached hydrogen (secondary N) is 1. The number of hydrogen-bond acceptors (Lipinski definition) is 6. The van der Waals surface area contributed by atoms with E-state index in [1.807, 2.05) is 6.92 Å². The molecule has 2 N–H and O–H groups in total. The van der Waals surface area contributed by atoms with Gasteiger partial charge in [-0.3, -0.25) is 15.1 Å². The number of pyridine rings is 1. The van der Waals surface area contributed by atoms with Crippen LogP contribution in [0.1, 0.15) is 86.2 Å². The number of fused-ring (bicyclic) bond motifs is 1. The van der Waals surface area contributed by atoms with Crippen molar-refractivity contribution in [1.82, 2.24) is 19.4 Å². The first kappa shape index (κ1) is 28.9. The SMILES string of the molecule is COc1ccccc1-c1nccc(C(=O)Nc2nc3cc(C4CCN(C5CC5)CC4)ccc3n2[C@H]2CC[C@@](C)(O)CC2)c1F. The maximum absolute atomic E-state index is 15.9. The lowest BCUT2D eigenvalue weighted by molar-refractivity contribution is 0.0106. The molecule has 2 aliphatic carbocycles. The van der Waals surface area contributed by atoms with Gasteiger partial charge in [-0.15, -0.1) is 0 Å². The van der Waals surface area contributed by atoms with Gasteiger partial charge in [0, 0.05) is 23.8 Å². The van der Waals surface area contributed by atoms with Crippen LogP contribution in [0, 0.1) is 5.82 Å². The summed E-state index contributed by atoms with van der Waals surface area (Å²) in [6, 6.07) is 15.8. The topological polar surface area (TPSA) is 92.5 Å². The molecule has 1 saturated heterocycles. The van der Waals surface area contributed by atoms with E-state index in [-0.39, 0.29) is 17.3 Å². The average Bonchev–Trinajstić information content (AvgIpc) is 3.83. The molecule has 8 nitrogen and oxygen atoms in total. The lowest BCUT2D eigenvalue weighted by Crippen LogP contribution is -2.34. The van der Waals surface area contributed by atoms with Crippen LogP contribution in [0.5, 0.6) is 5.75 Å². The minimum Gasteiger partial charge on any atom is -0.496 e. The van der Waals surface area contributed by atoms with Crippen LogP contribution in [0.15, 0.2) is 54.7 Å². The average molecular weight is 598 g/mol. The summed E-state index contributed by atoms with van der Waals surface area (Å²) in [7, 11) is 1.52. The Bertz CT molecular complexity index is 1680. The van der Waals surface area contributed by atoms with Crippen LogP contribution in [0.25, 0.3) is 22.3 Å². The summed E-state index contributed by atoms with van der Waals surface area (Å²) in [6.07, 6.45) is 9.21. The highest BCUT2D eigenvalue weighted by atomic mass is 19.1. The minimum absolute atomic E-state index is 0.0505. The van der Waals surface area contributed by atoms with Crippen molar-refractivity contribution < 1.29 is 19.0 Å². The number of methoxy groups -OCH3 is 1. The van der Waals surface area contributed by atoms with E-state index in [9.17, 15) is 9.90 Å². The Kier molecular flexibility index (Phi) is 7.62. The second-order valence-electron chi connectivity index (χ2n) is 13.0. The standard InChI is InChI=1S/C35H40FN5O3/c1-35(43)16-11-25(12-17-35)41-29-10-7-23(22-14-19-40(20-15-22)24-8-9-24)21-28(29)38-34(41)39-33(42)27-13-18-37-32(31(27)36)26-5-3-4-6-30(26)44-2/h3-7,10,13,18,21-22,24-25,43H,8-9,11-12,14-17,19-20H2,1-2H3,(H,38,39,42)/t25-,35+. The molecule has 9 heteroatoms. The van der Waals surface area contributed by atoms with Gasteiger partial charge in [0.15, 0.2) is 5.82 Å². The number of likely N-dealkylation sites (tertiary alicyclic amines) is 1. The molecule has 0 radical (unpaired) electrons. The Morgan fingerprint density at radius 3 is 2.50 bits per heavy atom. The fourth-order valence-electron chi connectivity index (χ4n) is 7.16. The third-order valence-corrected chi connectivity index (χ3v) is 9.90. The Morgan fingerprint density at radius 2 is 1.77 bits per heavy atom. The molecule has 3 fully saturated rings. The predicted molar refractivity (Wildman–Crippen MR) is 169 cm³/mol. The lowest BCUT2D eigenvalue weighted by atomic mass is 9.83. The quantitative estimate of drug-likeness (QED) is 0.246. The number of aliphatic hydroxyl groups is 1. The number of anilines is 1. The van der Waals surface area contributed by atoms with Crippen LogP contribution in [0.4, 0.5) is 10.3 Å². The van der Waals surface area contributed by atoms with Crippen molar-refractivity contribution in [2.75, 3.05) is 25.5 Å². The number of carbonyl (C=O) groups is 1. The fourth-order valence-corrected chi connectivity index (χ4v) is 7.16. The van der Waals surface area contributed by atoms with Gasteiger partial charge in [-0.1, -0.05) is 18.2 Å². The van der Waals surface area contributed by atoms with E-state index in [1.165, 1.54) is 37.8 Å². The van der Waals surface area contributed by atoms with E-state index < -0.39 is 17.3 Å². The van der Waals surface area contributed by atoms with Gasteiger partial charge in [0.2, 0.25) is 5.95 Å². The molecule has 7 rings (SSSR count). The second kappa shape index (κ2) is 11.6. The highest BCUT2D eigenvalue weighted by Crippen LogP contribution is 2.40. The van der Waals surface area contributed by atoms with Gasteiger partial charge in [0.1, 0.15) is 11.4 Å². The molecule has 2 aromatic carbocycles. The molecule has 230 valence electrons. The number of aromatic nitrogens is 3. The first-order valence-corrected chi connectivity index (χ1v) is 15.9. The smallest absolute Gasteiger partial charge is 0.261 e. The van der Waals surface area contributed by atoms with Crippen LogP contribution >= 0.6 is 0 Å². The maximum Gasteiger partial charge on any atom is 0.261 e. The normalized spacial score (nSPS) is 23.1. The first-order valence-electron chi connectivity index (χ1n) is 15.9. The number of nitrogens with zero attached hydrogens (tertiary/aromatic N) is 4. The van der Waals surface area contributed by atoms with Gasteiger partial charge in [0.25, 0.3) is 5.91 Å². The molecule has 3 aliphatic rings. The van der Waals surface area contributed by atoms with Gasteiger partial charge in [-0.25, -0.2) is 9.37 Å². The molecule has 0 unspecified atom stereocenters. The Balaban J connectivity index is 1.21. The molecule has 1 amide bonds. The second-order valence-corrected chi connectivity index (χ2v) is 13.0. The van der Waals surface area contributed by atoms with Gasteiger partial charge in [0.05, 0.1) is 29.3 Å². The molecular formula is C35H40FN5O3. The van der Waals surface area contributed by atoms with Crippen molar-refractivity contribution in [3.05, 3.63) is 71.7 Å². The Morgan fingerprint density at radius 1 is 1.02 bits per heavy atom. The van der Waals surface area contributed by atoms with Crippen molar-refractivity contribution >= 4 is 22.9 Å². The summed E-state index contributed by atoms with van der Waals surface area (Å²) < 4.78 is 23.4. The molecule has 2 aromatic heterocycles. The number of hydrogen-bond donors (Lipinski definition) is 2. The van der Waals surface area contributed by atoms with Crippen molar-refractivity contribution in [1.29, 1.82) is 0 Å². The molecule has 3 heterocycles. The third-order valence-electron chi connectivity index (χ3n) is 9.90. The van der Waals surface area contributed by atoms with Crippen LogP contribution in [-0.4, -0.2) is 62.3 Å².